The maximum atomic E-state index is 12.8. The number of carbonyl (C=O) groups is 1. The number of anilines is 1. The third-order valence-electron chi connectivity index (χ3n) is 4.66. The Kier molecular flexibility index (Phi) is 5.07. The lowest BCUT2D eigenvalue weighted by molar-refractivity contribution is -0.110. The van der Waals surface area contributed by atoms with Gasteiger partial charge in [0.05, 0.1) is 23.7 Å². The standard InChI is InChI=1S/C19H21N3O5S/c1-2-13-3-4-14(27-13)11-17-16-12-15(5-6-18(16)20-19(17)23)28(24,25)21-22-7-9-26-10-8-22/h3-6,11-12,21H,2,7-10H2,1H3,(H,20,23). The Morgan fingerprint density at radius 1 is 1.21 bits per heavy atom. The van der Waals surface area contributed by atoms with Gasteiger partial charge in [-0.2, -0.15) is 0 Å². The van der Waals surface area contributed by atoms with E-state index in [0.29, 0.717) is 48.9 Å². The fraction of sp³-hybridized carbons (Fsp3) is 0.316. The highest BCUT2D eigenvalue weighted by Crippen LogP contribution is 2.35. The number of carbonyl (C=O) groups excluding carboxylic acids is 1. The molecule has 1 fully saturated rings. The van der Waals surface area contributed by atoms with E-state index in [1.165, 1.54) is 12.1 Å². The van der Waals surface area contributed by atoms with Gasteiger partial charge in [0.1, 0.15) is 11.5 Å². The van der Waals surface area contributed by atoms with E-state index in [1.807, 2.05) is 13.0 Å². The van der Waals surface area contributed by atoms with Crippen molar-refractivity contribution in [3.05, 3.63) is 47.4 Å². The monoisotopic (exact) mass is 403 g/mol. The zero-order valence-electron chi connectivity index (χ0n) is 15.4. The Hall–Kier alpha value is -2.46. The molecule has 0 radical (unpaired) electrons. The third-order valence-corrected chi connectivity index (χ3v) is 6.04. The normalized spacial score (nSPS) is 19.0. The first kappa shape index (κ1) is 18.9. The Labute approximate surface area is 163 Å². The number of rotatable bonds is 5. The summed E-state index contributed by atoms with van der Waals surface area (Å²) in [7, 11) is -3.76. The van der Waals surface area contributed by atoms with Crippen LogP contribution in [0.3, 0.4) is 0 Å². The molecule has 0 unspecified atom stereocenters. The van der Waals surface area contributed by atoms with Crippen molar-refractivity contribution < 1.29 is 22.4 Å². The number of hydrogen-bond acceptors (Lipinski definition) is 6. The van der Waals surface area contributed by atoms with Crippen LogP contribution in [0.15, 0.2) is 39.6 Å². The summed E-state index contributed by atoms with van der Waals surface area (Å²) >= 11 is 0. The van der Waals surface area contributed by atoms with Crippen molar-refractivity contribution in [1.82, 2.24) is 9.84 Å². The second kappa shape index (κ2) is 7.51. The highest BCUT2D eigenvalue weighted by Gasteiger charge is 2.28. The first-order valence-corrected chi connectivity index (χ1v) is 10.6. The zero-order chi connectivity index (χ0) is 19.7. The summed E-state index contributed by atoms with van der Waals surface area (Å²) < 4.78 is 36.4. The molecule has 0 spiro atoms. The third kappa shape index (κ3) is 3.74. The van der Waals surface area contributed by atoms with E-state index in [-0.39, 0.29) is 10.8 Å². The van der Waals surface area contributed by atoms with Crippen LogP contribution in [0.5, 0.6) is 0 Å². The summed E-state index contributed by atoms with van der Waals surface area (Å²) in [5.41, 5.74) is 1.48. The summed E-state index contributed by atoms with van der Waals surface area (Å²) in [6, 6.07) is 8.23. The topological polar surface area (TPSA) is 101 Å². The molecule has 8 nitrogen and oxygen atoms in total. The quantitative estimate of drug-likeness (QED) is 0.739. The predicted molar refractivity (Wildman–Crippen MR) is 104 cm³/mol. The molecule has 0 saturated carbocycles. The number of amides is 1. The van der Waals surface area contributed by atoms with Gasteiger partial charge in [0.2, 0.25) is 0 Å². The second-order valence-electron chi connectivity index (χ2n) is 6.57. The summed E-state index contributed by atoms with van der Waals surface area (Å²) in [6.07, 6.45) is 2.38. The largest absolute Gasteiger partial charge is 0.462 e. The highest BCUT2D eigenvalue weighted by molar-refractivity contribution is 7.89. The van der Waals surface area contributed by atoms with E-state index < -0.39 is 10.0 Å². The van der Waals surface area contributed by atoms with Crippen LogP contribution in [0.25, 0.3) is 11.6 Å². The molecule has 3 heterocycles. The number of benzene rings is 1. The first-order valence-electron chi connectivity index (χ1n) is 9.07. The van der Waals surface area contributed by atoms with Gasteiger partial charge in [0, 0.05) is 30.8 Å². The smallest absolute Gasteiger partial charge is 0.256 e. The van der Waals surface area contributed by atoms with Gasteiger partial charge in [-0.1, -0.05) is 6.92 Å². The molecule has 2 aromatic rings. The van der Waals surface area contributed by atoms with Gasteiger partial charge in [0.15, 0.2) is 0 Å². The molecule has 148 valence electrons. The lowest BCUT2D eigenvalue weighted by Gasteiger charge is -2.26. The van der Waals surface area contributed by atoms with Crippen molar-refractivity contribution >= 4 is 33.3 Å². The first-order chi connectivity index (χ1) is 13.5. The molecule has 2 aliphatic rings. The van der Waals surface area contributed by atoms with Crippen LogP contribution >= 0.6 is 0 Å². The van der Waals surface area contributed by atoms with Crippen molar-refractivity contribution in [3.8, 4) is 0 Å². The van der Waals surface area contributed by atoms with E-state index in [0.717, 1.165) is 12.2 Å². The van der Waals surface area contributed by atoms with Crippen molar-refractivity contribution in [2.75, 3.05) is 31.6 Å². The summed E-state index contributed by atoms with van der Waals surface area (Å²) in [4.78, 5) is 15.0. The van der Waals surface area contributed by atoms with E-state index in [1.54, 1.807) is 23.2 Å². The highest BCUT2D eigenvalue weighted by atomic mass is 32.2. The number of morpholine rings is 1. The number of fused-ring (bicyclic) bond motifs is 1. The molecule has 1 saturated heterocycles. The molecule has 2 N–H and O–H groups in total. The predicted octanol–water partition coefficient (Wildman–Crippen LogP) is 1.86. The maximum absolute atomic E-state index is 12.8. The minimum absolute atomic E-state index is 0.0915. The minimum atomic E-state index is -3.76. The Balaban J connectivity index is 1.65. The second-order valence-corrected chi connectivity index (χ2v) is 8.23. The summed E-state index contributed by atoms with van der Waals surface area (Å²) in [5.74, 6) is 1.08. The molecular weight excluding hydrogens is 382 g/mol. The number of nitrogens with one attached hydrogen (secondary N) is 2. The summed E-state index contributed by atoms with van der Waals surface area (Å²) in [5, 5.41) is 4.37. The Morgan fingerprint density at radius 3 is 2.71 bits per heavy atom. The van der Waals surface area contributed by atoms with Gasteiger partial charge in [-0.25, -0.2) is 13.4 Å². The maximum Gasteiger partial charge on any atom is 0.256 e. The SMILES string of the molecule is CCc1ccc(C=C2C(=O)Nc3ccc(S(=O)(=O)NN4CCOCC4)cc32)o1. The zero-order valence-corrected chi connectivity index (χ0v) is 16.2. The average molecular weight is 403 g/mol. The molecule has 4 rings (SSSR count). The van der Waals surface area contributed by atoms with E-state index in [4.69, 9.17) is 9.15 Å². The number of furan rings is 1. The number of ether oxygens (including phenoxy) is 1. The molecule has 1 amide bonds. The molecule has 0 bridgehead atoms. The van der Waals surface area contributed by atoms with Crippen LogP contribution in [0, 0.1) is 0 Å². The Bertz CT molecular complexity index is 1040. The molecule has 1 aromatic heterocycles. The fourth-order valence-corrected chi connectivity index (χ4v) is 4.31. The molecule has 1 aromatic carbocycles. The van der Waals surface area contributed by atoms with Crippen LogP contribution in [0.4, 0.5) is 5.69 Å². The molecule has 0 atom stereocenters. The van der Waals surface area contributed by atoms with Gasteiger partial charge < -0.3 is 14.5 Å². The summed E-state index contributed by atoms with van der Waals surface area (Å²) in [6.45, 7) is 3.88. The lowest BCUT2D eigenvalue weighted by Crippen LogP contribution is -2.48. The van der Waals surface area contributed by atoms with Crippen molar-refractivity contribution in [2.45, 2.75) is 18.2 Å². The molecule has 9 heteroatoms. The van der Waals surface area contributed by atoms with Crippen molar-refractivity contribution in [1.29, 1.82) is 0 Å². The number of hydrazine groups is 1. The van der Waals surface area contributed by atoms with Gasteiger partial charge in [-0.15, -0.1) is 4.83 Å². The fourth-order valence-electron chi connectivity index (χ4n) is 3.16. The average Bonchev–Trinajstić information content (AvgIpc) is 3.26. The van der Waals surface area contributed by atoms with Crippen LogP contribution < -0.4 is 10.1 Å². The van der Waals surface area contributed by atoms with Gasteiger partial charge >= 0.3 is 0 Å². The number of nitrogens with zero attached hydrogens (tertiary/aromatic N) is 1. The minimum Gasteiger partial charge on any atom is -0.462 e. The Morgan fingerprint density at radius 2 is 2.00 bits per heavy atom. The van der Waals surface area contributed by atoms with E-state index in [9.17, 15) is 13.2 Å². The number of hydrogen-bond donors (Lipinski definition) is 2. The van der Waals surface area contributed by atoms with Crippen molar-refractivity contribution in [2.24, 2.45) is 0 Å². The van der Waals surface area contributed by atoms with Crippen molar-refractivity contribution in [3.63, 3.8) is 0 Å². The lowest BCUT2D eigenvalue weighted by atomic mass is 10.1. The van der Waals surface area contributed by atoms with E-state index in [2.05, 4.69) is 10.1 Å². The van der Waals surface area contributed by atoms with Crippen LogP contribution in [-0.2, 0) is 26.0 Å². The number of sulfonamides is 1. The molecule has 28 heavy (non-hydrogen) atoms. The van der Waals surface area contributed by atoms with Gasteiger partial charge in [-0.05, 0) is 36.4 Å². The van der Waals surface area contributed by atoms with Crippen LogP contribution in [0.2, 0.25) is 0 Å². The van der Waals surface area contributed by atoms with Gasteiger partial charge in [0.25, 0.3) is 15.9 Å². The number of aryl methyl sites for hydroxylation is 1. The van der Waals surface area contributed by atoms with Gasteiger partial charge in [-0.3, -0.25) is 4.79 Å². The molecule has 0 aliphatic carbocycles. The van der Waals surface area contributed by atoms with Crippen LogP contribution in [0.1, 0.15) is 24.0 Å². The van der Waals surface area contributed by atoms with E-state index >= 15 is 0 Å². The molecule has 2 aliphatic heterocycles. The molecular formula is C19H21N3O5S. The van der Waals surface area contributed by atoms with Crippen LogP contribution in [-0.4, -0.2) is 45.6 Å².